The molecule has 1 fully saturated rings. The molecular weight excluding hydrogens is 258 g/mol. The van der Waals surface area contributed by atoms with Crippen molar-refractivity contribution in [2.75, 3.05) is 29.9 Å². The lowest BCUT2D eigenvalue weighted by Crippen LogP contribution is -2.17. The van der Waals surface area contributed by atoms with Crippen LogP contribution >= 0.6 is 0 Å². The molecule has 0 spiro atoms. The van der Waals surface area contributed by atoms with Crippen molar-refractivity contribution in [3.8, 4) is 0 Å². The van der Waals surface area contributed by atoms with E-state index < -0.39 is 0 Å². The van der Waals surface area contributed by atoms with Crippen molar-refractivity contribution in [3.63, 3.8) is 0 Å². The molecule has 2 aromatic rings. The van der Waals surface area contributed by atoms with Crippen LogP contribution in [0.5, 0.6) is 0 Å². The molecule has 1 saturated heterocycles. The highest BCUT2D eigenvalue weighted by Crippen LogP contribution is 2.36. The Hall–Kier alpha value is -1.77. The molecule has 1 N–H and O–H groups in total. The number of hydrogen-bond acceptors (Lipinski definition) is 3. The van der Waals surface area contributed by atoms with Crippen molar-refractivity contribution in [3.05, 3.63) is 29.5 Å². The fraction of sp³-hybridized carbons (Fsp3) is 0.500. The van der Waals surface area contributed by atoms with Crippen molar-refractivity contribution >= 4 is 22.3 Å². The number of aryl methyl sites for hydroxylation is 1. The number of fused-ring (bicyclic) bond motifs is 2. The third-order valence-electron chi connectivity index (χ3n) is 4.82. The summed E-state index contributed by atoms with van der Waals surface area (Å²) in [4.78, 5) is 7.41. The molecule has 21 heavy (non-hydrogen) atoms. The first-order valence-electron chi connectivity index (χ1n) is 8.31. The highest BCUT2D eigenvalue weighted by Gasteiger charge is 2.20. The number of hydrogen-bond donors (Lipinski definition) is 1. The second-order valence-corrected chi connectivity index (χ2v) is 6.19. The van der Waals surface area contributed by atoms with Gasteiger partial charge in [-0.25, -0.2) is 0 Å². The summed E-state index contributed by atoms with van der Waals surface area (Å²) in [5.41, 5.74) is 6.62. The molecule has 0 unspecified atom stereocenters. The van der Waals surface area contributed by atoms with Crippen LogP contribution in [0.3, 0.4) is 0 Å². The Kier molecular flexibility index (Phi) is 3.21. The lowest BCUT2D eigenvalue weighted by Gasteiger charge is -2.20. The van der Waals surface area contributed by atoms with Crippen LogP contribution in [-0.4, -0.2) is 24.6 Å². The van der Waals surface area contributed by atoms with Gasteiger partial charge in [-0.1, -0.05) is 0 Å². The first kappa shape index (κ1) is 12.9. The monoisotopic (exact) mass is 281 g/mol. The first-order chi connectivity index (χ1) is 10.4. The van der Waals surface area contributed by atoms with E-state index in [1.807, 2.05) is 0 Å². The van der Waals surface area contributed by atoms with E-state index in [4.69, 9.17) is 4.98 Å². The van der Waals surface area contributed by atoms with Gasteiger partial charge in [-0.2, -0.15) is 0 Å². The summed E-state index contributed by atoms with van der Waals surface area (Å²) in [6.45, 7) is 5.54. The lowest BCUT2D eigenvalue weighted by molar-refractivity contribution is 0.901. The minimum atomic E-state index is 0.972. The summed E-state index contributed by atoms with van der Waals surface area (Å²) in [7, 11) is 0. The van der Waals surface area contributed by atoms with Crippen molar-refractivity contribution < 1.29 is 0 Å². The van der Waals surface area contributed by atoms with Crippen LogP contribution in [0.4, 0.5) is 11.4 Å². The summed E-state index contributed by atoms with van der Waals surface area (Å²) >= 11 is 0. The molecule has 3 heteroatoms. The number of rotatable bonds is 3. The summed E-state index contributed by atoms with van der Waals surface area (Å²) in [5, 5.41) is 4.92. The maximum Gasteiger partial charge on any atom is 0.0727 e. The summed E-state index contributed by atoms with van der Waals surface area (Å²) in [6.07, 6.45) is 6.20. The molecule has 0 bridgehead atoms. The molecule has 2 aliphatic rings. The SMILES string of the molecule is CCNc1c2c(nc3ccc(N4CCCC4)cc13)CCC2. The van der Waals surface area contributed by atoms with E-state index in [0.717, 1.165) is 18.5 Å². The zero-order valence-electron chi connectivity index (χ0n) is 12.8. The van der Waals surface area contributed by atoms with Crippen LogP contribution in [-0.2, 0) is 12.8 Å². The van der Waals surface area contributed by atoms with Crippen LogP contribution in [0.15, 0.2) is 18.2 Å². The summed E-state index contributed by atoms with van der Waals surface area (Å²) < 4.78 is 0. The van der Waals surface area contributed by atoms with Gasteiger partial charge in [-0.15, -0.1) is 0 Å². The highest BCUT2D eigenvalue weighted by atomic mass is 15.1. The summed E-state index contributed by atoms with van der Waals surface area (Å²) in [5.74, 6) is 0. The molecule has 3 nitrogen and oxygen atoms in total. The Morgan fingerprint density at radius 2 is 2.00 bits per heavy atom. The molecule has 2 heterocycles. The van der Waals surface area contributed by atoms with Gasteiger partial charge in [0, 0.05) is 42.1 Å². The number of anilines is 2. The second kappa shape index (κ2) is 5.21. The molecule has 4 rings (SSSR count). The van der Waals surface area contributed by atoms with Gasteiger partial charge < -0.3 is 10.2 Å². The minimum absolute atomic E-state index is 0.972. The quantitative estimate of drug-likeness (QED) is 0.928. The predicted molar refractivity (Wildman–Crippen MR) is 89.4 cm³/mol. The van der Waals surface area contributed by atoms with E-state index in [9.17, 15) is 0 Å². The third kappa shape index (κ3) is 2.15. The number of benzene rings is 1. The second-order valence-electron chi connectivity index (χ2n) is 6.19. The fourth-order valence-corrected chi connectivity index (χ4v) is 3.80. The zero-order valence-corrected chi connectivity index (χ0v) is 12.8. The largest absolute Gasteiger partial charge is 0.384 e. The van der Waals surface area contributed by atoms with Gasteiger partial charge in [0.2, 0.25) is 0 Å². The minimum Gasteiger partial charge on any atom is -0.384 e. The topological polar surface area (TPSA) is 28.2 Å². The van der Waals surface area contributed by atoms with Gasteiger partial charge in [0.1, 0.15) is 0 Å². The Labute approximate surface area is 126 Å². The maximum atomic E-state index is 4.91. The van der Waals surface area contributed by atoms with Crippen molar-refractivity contribution in [2.24, 2.45) is 0 Å². The summed E-state index contributed by atoms with van der Waals surface area (Å²) in [6, 6.07) is 6.81. The predicted octanol–water partition coefficient (Wildman–Crippen LogP) is 3.76. The molecule has 0 atom stereocenters. The average Bonchev–Trinajstić information content (AvgIpc) is 3.18. The molecular formula is C18H23N3. The van der Waals surface area contributed by atoms with E-state index in [1.165, 1.54) is 66.8 Å². The lowest BCUT2D eigenvalue weighted by atomic mass is 10.1. The van der Waals surface area contributed by atoms with Gasteiger partial charge >= 0.3 is 0 Å². The van der Waals surface area contributed by atoms with E-state index in [2.05, 4.69) is 35.3 Å². The average molecular weight is 281 g/mol. The van der Waals surface area contributed by atoms with Crippen molar-refractivity contribution in [1.29, 1.82) is 0 Å². The molecule has 1 aromatic carbocycles. The Morgan fingerprint density at radius 1 is 1.14 bits per heavy atom. The highest BCUT2D eigenvalue weighted by molar-refractivity contribution is 5.96. The Bertz CT molecular complexity index is 672. The van der Waals surface area contributed by atoms with Crippen LogP contribution in [0, 0.1) is 0 Å². The van der Waals surface area contributed by atoms with Crippen LogP contribution in [0.2, 0.25) is 0 Å². The van der Waals surface area contributed by atoms with Crippen molar-refractivity contribution in [2.45, 2.75) is 39.0 Å². The molecule has 1 aliphatic heterocycles. The molecule has 0 radical (unpaired) electrons. The normalized spacial score (nSPS) is 17.5. The number of pyridine rings is 1. The van der Waals surface area contributed by atoms with Gasteiger partial charge in [-0.3, -0.25) is 4.98 Å². The van der Waals surface area contributed by atoms with Gasteiger partial charge in [0.25, 0.3) is 0 Å². The Balaban J connectivity index is 1.88. The smallest absolute Gasteiger partial charge is 0.0727 e. The van der Waals surface area contributed by atoms with Gasteiger partial charge in [0.05, 0.1) is 5.52 Å². The molecule has 110 valence electrons. The molecule has 0 amide bonds. The fourth-order valence-electron chi connectivity index (χ4n) is 3.80. The first-order valence-corrected chi connectivity index (χ1v) is 8.31. The van der Waals surface area contributed by atoms with Crippen LogP contribution < -0.4 is 10.2 Å². The Morgan fingerprint density at radius 3 is 2.81 bits per heavy atom. The van der Waals surface area contributed by atoms with E-state index in [0.29, 0.717) is 0 Å². The standard InChI is InChI=1S/C18H23N3/c1-2-19-18-14-6-5-7-16(14)20-17-9-8-13(12-15(17)18)21-10-3-4-11-21/h8-9,12H,2-7,10-11H2,1H3,(H,19,20). The van der Waals surface area contributed by atoms with E-state index >= 15 is 0 Å². The zero-order chi connectivity index (χ0) is 14.2. The van der Waals surface area contributed by atoms with E-state index in [1.54, 1.807) is 0 Å². The van der Waals surface area contributed by atoms with Crippen LogP contribution in [0.25, 0.3) is 10.9 Å². The molecule has 1 aliphatic carbocycles. The third-order valence-corrected chi connectivity index (χ3v) is 4.82. The number of nitrogens with one attached hydrogen (secondary N) is 1. The molecule has 1 aromatic heterocycles. The molecule has 0 saturated carbocycles. The maximum absolute atomic E-state index is 4.91. The van der Waals surface area contributed by atoms with Crippen LogP contribution in [0.1, 0.15) is 37.4 Å². The van der Waals surface area contributed by atoms with E-state index in [-0.39, 0.29) is 0 Å². The van der Waals surface area contributed by atoms with Gasteiger partial charge in [-0.05, 0) is 62.8 Å². The van der Waals surface area contributed by atoms with Crippen molar-refractivity contribution in [1.82, 2.24) is 4.98 Å². The van der Waals surface area contributed by atoms with Gasteiger partial charge in [0.15, 0.2) is 0 Å². The number of nitrogens with zero attached hydrogens (tertiary/aromatic N) is 2. The number of aromatic nitrogens is 1.